The number of fused-ring (bicyclic) bond motifs is 1. The fourth-order valence-electron chi connectivity index (χ4n) is 2.93. The van der Waals surface area contributed by atoms with Crippen LogP contribution in [0.3, 0.4) is 0 Å². The molecule has 0 radical (unpaired) electrons. The molecule has 0 atom stereocenters. The number of nitrogens with two attached hydrogens (primary N) is 1. The number of amides is 1. The first kappa shape index (κ1) is 15.2. The maximum Gasteiger partial charge on any atom is 0.268 e. The highest BCUT2D eigenvalue weighted by Gasteiger charge is 2.21. The number of aryl methyl sites for hydroxylation is 1. The molecule has 0 saturated carbocycles. The van der Waals surface area contributed by atoms with Gasteiger partial charge in [-0.2, -0.15) is 14.6 Å². The zero-order valence-electron chi connectivity index (χ0n) is 13.7. The predicted molar refractivity (Wildman–Crippen MR) is 90.5 cm³/mol. The van der Waals surface area contributed by atoms with Crippen LogP contribution in [0.4, 0.5) is 11.6 Å². The lowest BCUT2D eigenvalue weighted by atomic mass is 10.3. The number of nitrogens with zero attached hydrogens (tertiary/aromatic N) is 8. The van der Waals surface area contributed by atoms with Gasteiger partial charge in [-0.1, -0.05) is 0 Å². The average molecular weight is 339 g/mol. The Balaban J connectivity index is 1.54. The first-order valence-electron chi connectivity index (χ1n) is 7.91. The molecule has 4 rings (SSSR count). The molecule has 0 unspecified atom stereocenters. The molecule has 4 heterocycles. The molecule has 3 aromatic heterocycles. The van der Waals surface area contributed by atoms with E-state index in [9.17, 15) is 4.79 Å². The van der Waals surface area contributed by atoms with Gasteiger partial charge in [0.25, 0.3) is 11.7 Å². The van der Waals surface area contributed by atoms with Gasteiger partial charge in [-0.15, -0.1) is 0 Å². The van der Waals surface area contributed by atoms with Crippen LogP contribution in [0.1, 0.15) is 16.2 Å². The van der Waals surface area contributed by atoms with E-state index in [1.807, 2.05) is 13.0 Å². The molecule has 10 nitrogen and oxygen atoms in total. The van der Waals surface area contributed by atoms with Crippen LogP contribution in [0.15, 0.2) is 24.8 Å². The number of hydrogen-bond acceptors (Lipinski definition) is 8. The molecule has 1 aliphatic rings. The van der Waals surface area contributed by atoms with Crippen LogP contribution < -0.4 is 15.5 Å². The van der Waals surface area contributed by atoms with Gasteiger partial charge in [0, 0.05) is 37.9 Å². The lowest BCUT2D eigenvalue weighted by Crippen LogP contribution is -2.47. The van der Waals surface area contributed by atoms with Crippen LogP contribution in [0.5, 0.6) is 0 Å². The Kier molecular flexibility index (Phi) is 3.64. The van der Waals surface area contributed by atoms with Crippen molar-refractivity contribution < 1.29 is 4.79 Å². The largest absolute Gasteiger partial charge is 0.364 e. The number of anilines is 2. The van der Waals surface area contributed by atoms with Crippen molar-refractivity contribution in [2.45, 2.75) is 6.92 Å². The van der Waals surface area contributed by atoms with Gasteiger partial charge >= 0.3 is 0 Å². The quantitative estimate of drug-likeness (QED) is 0.688. The molecule has 1 amide bonds. The van der Waals surface area contributed by atoms with Gasteiger partial charge in [0.2, 0.25) is 0 Å². The summed E-state index contributed by atoms with van der Waals surface area (Å²) in [6.07, 6.45) is 4.53. The van der Waals surface area contributed by atoms with Crippen molar-refractivity contribution in [3.63, 3.8) is 0 Å². The lowest BCUT2D eigenvalue weighted by Gasteiger charge is -2.36. The summed E-state index contributed by atoms with van der Waals surface area (Å²) in [7, 11) is 0. The molecule has 0 spiro atoms. The first-order chi connectivity index (χ1) is 12.1. The van der Waals surface area contributed by atoms with Crippen molar-refractivity contribution in [3.05, 3.63) is 36.2 Å². The van der Waals surface area contributed by atoms with Crippen molar-refractivity contribution in [2.75, 3.05) is 36.0 Å². The zero-order valence-corrected chi connectivity index (χ0v) is 13.7. The van der Waals surface area contributed by atoms with Gasteiger partial charge in [0.1, 0.15) is 23.7 Å². The van der Waals surface area contributed by atoms with Gasteiger partial charge in [-0.3, -0.25) is 9.78 Å². The zero-order chi connectivity index (χ0) is 17.4. The Labute approximate surface area is 143 Å². The summed E-state index contributed by atoms with van der Waals surface area (Å²) in [5, 5.41) is 4.26. The second-order valence-electron chi connectivity index (χ2n) is 5.83. The third-order valence-electron chi connectivity index (χ3n) is 4.16. The van der Waals surface area contributed by atoms with Gasteiger partial charge < -0.3 is 15.5 Å². The monoisotopic (exact) mass is 339 g/mol. The Bertz CT molecular complexity index is 930. The van der Waals surface area contributed by atoms with Crippen LogP contribution in [0, 0.1) is 6.92 Å². The molecule has 1 fully saturated rings. The Hall–Kier alpha value is -3.30. The number of carbonyl (C=O) groups excluding carboxylic acids is 1. The fourth-order valence-corrected chi connectivity index (χ4v) is 2.93. The van der Waals surface area contributed by atoms with Gasteiger partial charge in [0.05, 0.1) is 12.4 Å². The summed E-state index contributed by atoms with van der Waals surface area (Å²) in [6.45, 7) is 4.99. The minimum absolute atomic E-state index is 0.175. The van der Waals surface area contributed by atoms with Gasteiger partial charge in [0.15, 0.2) is 0 Å². The summed E-state index contributed by atoms with van der Waals surface area (Å²) in [6, 6.07) is 2.00. The SMILES string of the molecule is Cc1cc(N2CCN(c3cncc(C(N)=O)n3)CC2)n2ncnc2n1. The summed E-state index contributed by atoms with van der Waals surface area (Å²) in [5.41, 5.74) is 6.35. The van der Waals surface area contributed by atoms with Gasteiger partial charge in [-0.25, -0.2) is 9.97 Å². The number of hydrogen-bond donors (Lipinski definition) is 1. The standard InChI is InChI=1S/C15H17N9O/c1-10-6-13(24-15(20-10)18-9-19-24)23-4-2-22(3-5-23)12-8-17-7-11(21-12)14(16)25/h6-9H,2-5H2,1H3,(H2,16,25). The van der Waals surface area contributed by atoms with Crippen LogP contribution in [-0.4, -0.2) is 61.6 Å². The van der Waals surface area contributed by atoms with E-state index < -0.39 is 5.91 Å². The van der Waals surface area contributed by atoms with Crippen molar-refractivity contribution >= 4 is 23.3 Å². The molecule has 10 heteroatoms. The van der Waals surface area contributed by atoms with E-state index >= 15 is 0 Å². The van der Waals surface area contributed by atoms with Crippen LogP contribution in [-0.2, 0) is 0 Å². The molecule has 128 valence electrons. The molecule has 0 aliphatic carbocycles. The molecule has 1 aliphatic heterocycles. The van der Waals surface area contributed by atoms with Crippen molar-refractivity contribution in [2.24, 2.45) is 5.73 Å². The highest BCUT2D eigenvalue weighted by atomic mass is 16.1. The van der Waals surface area contributed by atoms with E-state index in [-0.39, 0.29) is 5.69 Å². The third kappa shape index (κ3) is 2.82. The Morgan fingerprint density at radius 3 is 2.64 bits per heavy atom. The van der Waals surface area contributed by atoms with Gasteiger partial charge in [-0.05, 0) is 6.92 Å². The van der Waals surface area contributed by atoms with Crippen LogP contribution in [0.25, 0.3) is 5.78 Å². The third-order valence-corrected chi connectivity index (χ3v) is 4.16. The summed E-state index contributed by atoms with van der Waals surface area (Å²) in [4.78, 5) is 32.5. The van der Waals surface area contributed by atoms with Crippen LogP contribution in [0.2, 0.25) is 0 Å². The van der Waals surface area contributed by atoms with Crippen molar-refractivity contribution in [1.82, 2.24) is 29.5 Å². The smallest absolute Gasteiger partial charge is 0.268 e. The maximum atomic E-state index is 11.3. The molecule has 0 aromatic carbocycles. The van der Waals surface area contributed by atoms with Crippen LogP contribution >= 0.6 is 0 Å². The Morgan fingerprint density at radius 2 is 1.88 bits per heavy atom. The number of piperazine rings is 1. The number of primary amides is 1. The minimum Gasteiger partial charge on any atom is -0.364 e. The Morgan fingerprint density at radius 1 is 1.12 bits per heavy atom. The number of aromatic nitrogens is 6. The molecule has 1 saturated heterocycles. The summed E-state index contributed by atoms with van der Waals surface area (Å²) < 4.78 is 1.75. The van der Waals surface area contributed by atoms with E-state index in [2.05, 4.69) is 34.8 Å². The van der Waals surface area contributed by atoms with E-state index in [0.717, 1.165) is 37.7 Å². The highest BCUT2D eigenvalue weighted by Crippen LogP contribution is 2.20. The summed E-state index contributed by atoms with van der Waals surface area (Å²) >= 11 is 0. The maximum absolute atomic E-state index is 11.3. The fraction of sp³-hybridized carbons (Fsp3) is 0.333. The molecule has 25 heavy (non-hydrogen) atoms. The first-order valence-corrected chi connectivity index (χ1v) is 7.91. The topological polar surface area (TPSA) is 118 Å². The normalized spacial score (nSPS) is 14.9. The van der Waals surface area contributed by atoms with E-state index in [1.165, 1.54) is 12.5 Å². The second-order valence-corrected chi connectivity index (χ2v) is 5.83. The van der Waals surface area contributed by atoms with Crippen molar-refractivity contribution in [3.8, 4) is 0 Å². The summed E-state index contributed by atoms with van der Waals surface area (Å²) in [5.74, 6) is 1.65. The molecular weight excluding hydrogens is 322 g/mol. The van der Waals surface area contributed by atoms with E-state index in [4.69, 9.17) is 5.73 Å². The van der Waals surface area contributed by atoms with E-state index in [0.29, 0.717) is 11.6 Å². The lowest BCUT2D eigenvalue weighted by molar-refractivity contribution is 0.0995. The average Bonchev–Trinajstić information content (AvgIpc) is 3.09. The van der Waals surface area contributed by atoms with E-state index in [1.54, 1.807) is 10.7 Å². The second kappa shape index (κ2) is 5.96. The predicted octanol–water partition coefficient (Wildman–Crippen LogP) is -0.352. The number of carbonyl (C=O) groups is 1. The minimum atomic E-state index is -0.575. The molecule has 0 bridgehead atoms. The molecular formula is C15H17N9O. The number of rotatable bonds is 3. The highest BCUT2D eigenvalue weighted by molar-refractivity contribution is 5.90. The molecule has 3 aromatic rings. The van der Waals surface area contributed by atoms with Crippen molar-refractivity contribution in [1.29, 1.82) is 0 Å². The molecule has 2 N–H and O–H groups in total.